The number of hydrogen-bond donors (Lipinski definition) is 3. The molecule has 1 unspecified atom stereocenters. The molecule has 0 saturated heterocycles. The van der Waals surface area contributed by atoms with Crippen LogP contribution in [0.25, 0.3) is 0 Å². The smallest absolute Gasteiger partial charge is 0.315 e. The van der Waals surface area contributed by atoms with Gasteiger partial charge in [0.15, 0.2) is 0 Å². The number of aryl methyl sites for hydroxylation is 1. The summed E-state index contributed by atoms with van der Waals surface area (Å²) in [5.74, 6) is -1.17. The molecule has 0 radical (unpaired) electrons. The number of thiazole rings is 1. The van der Waals surface area contributed by atoms with E-state index in [2.05, 4.69) is 15.6 Å². The van der Waals surface area contributed by atoms with Crippen molar-refractivity contribution < 1.29 is 14.7 Å². The monoisotopic (exact) mass is 285 g/mol. The molecule has 0 saturated carbocycles. The molecule has 0 bridgehead atoms. The number of urea groups is 1. The minimum absolute atomic E-state index is 0.254. The summed E-state index contributed by atoms with van der Waals surface area (Å²) in [4.78, 5) is 26.3. The number of nitrogens with zero attached hydrogens (tertiary/aromatic N) is 1. The number of rotatable bonds is 7. The Morgan fingerprint density at radius 3 is 2.79 bits per heavy atom. The van der Waals surface area contributed by atoms with Crippen LogP contribution in [0.5, 0.6) is 0 Å². The highest BCUT2D eigenvalue weighted by Crippen LogP contribution is 2.07. The molecule has 1 heterocycles. The molecule has 19 heavy (non-hydrogen) atoms. The zero-order chi connectivity index (χ0) is 14.3. The molecule has 2 amide bonds. The van der Waals surface area contributed by atoms with Gasteiger partial charge in [0.2, 0.25) is 0 Å². The zero-order valence-electron chi connectivity index (χ0n) is 11.1. The molecule has 3 N–H and O–H groups in total. The first-order chi connectivity index (χ1) is 8.99. The van der Waals surface area contributed by atoms with E-state index < -0.39 is 5.97 Å². The Bertz CT molecular complexity index is 434. The molecule has 7 heteroatoms. The summed E-state index contributed by atoms with van der Waals surface area (Å²) >= 11 is 1.51. The Kier molecular flexibility index (Phi) is 6.27. The maximum Gasteiger partial charge on any atom is 0.315 e. The minimum atomic E-state index is -0.802. The lowest BCUT2D eigenvalue weighted by molar-refractivity contribution is -0.141. The van der Waals surface area contributed by atoms with Crippen LogP contribution < -0.4 is 10.6 Å². The molecule has 0 aromatic carbocycles. The predicted molar refractivity (Wildman–Crippen MR) is 73.1 cm³/mol. The van der Waals surface area contributed by atoms with E-state index >= 15 is 0 Å². The van der Waals surface area contributed by atoms with Crippen molar-refractivity contribution >= 4 is 23.3 Å². The van der Waals surface area contributed by atoms with E-state index in [1.54, 1.807) is 6.92 Å². The standard InChI is InChI=1S/C12H19N3O3S/c1-8(11(16)17)4-3-5-13-12(18)14-6-10-15-9(2)7-19-10/h7-8H,3-6H2,1-2H3,(H,16,17)(H2,13,14,18). The molecule has 0 spiro atoms. The second kappa shape index (κ2) is 7.73. The van der Waals surface area contributed by atoms with Gasteiger partial charge in [-0.3, -0.25) is 4.79 Å². The van der Waals surface area contributed by atoms with E-state index in [4.69, 9.17) is 5.11 Å². The molecule has 0 aliphatic carbocycles. The third-order valence-corrected chi connectivity index (χ3v) is 3.55. The highest BCUT2D eigenvalue weighted by atomic mass is 32.1. The topological polar surface area (TPSA) is 91.3 Å². The number of nitrogens with one attached hydrogen (secondary N) is 2. The summed E-state index contributed by atoms with van der Waals surface area (Å²) in [6, 6.07) is -0.254. The second-order valence-corrected chi connectivity index (χ2v) is 5.32. The number of aromatic nitrogens is 1. The van der Waals surface area contributed by atoms with Crippen LogP contribution in [0, 0.1) is 12.8 Å². The molecule has 0 fully saturated rings. The van der Waals surface area contributed by atoms with E-state index in [0.29, 0.717) is 25.9 Å². The van der Waals surface area contributed by atoms with Gasteiger partial charge < -0.3 is 15.7 Å². The Morgan fingerprint density at radius 2 is 2.21 bits per heavy atom. The molecule has 0 aliphatic rings. The molecule has 1 aromatic heterocycles. The third kappa shape index (κ3) is 6.19. The maximum absolute atomic E-state index is 11.4. The lowest BCUT2D eigenvalue weighted by atomic mass is 10.1. The van der Waals surface area contributed by atoms with Crippen LogP contribution in [0.1, 0.15) is 30.5 Å². The Balaban J connectivity index is 2.10. The average Bonchev–Trinajstić information content (AvgIpc) is 2.77. The first-order valence-electron chi connectivity index (χ1n) is 6.14. The number of carboxylic acids is 1. The van der Waals surface area contributed by atoms with Gasteiger partial charge in [0, 0.05) is 17.6 Å². The highest BCUT2D eigenvalue weighted by Gasteiger charge is 2.10. The van der Waals surface area contributed by atoms with Crippen molar-refractivity contribution in [2.75, 3.05) is 6.54 Å². The fourth-order valence-corrected chi connectivity index (χ4v) is 2.15. The molecule has 106 valence electrons. The molecular weight excluding hydrogens is 266 g/mol. The first-order valence-corrected chi connectivity index (χ1v) is 7.02. The Morgan fingerprint density at radius 1 is 1.47 bits per heavy atom. The van der Waals surface area contributed by atoms with Crippen LogP contribution in [0.4, 0.5) is 4.79 Å². The van der Waals surface area contributed by atoms with E-state index in [1.165, 1.54) is 11.3 Å². The molecule has 1 rings (SSSR count). The molecule has 1 atom stereocenters. The van der Waals surface area contributed by atoms with Crippen LogP contribution in [0.15, 0.2) is 5.38 Å². The summed E-state index contributed by atoms with van der Waals surface area (Å²) in [6.45, 7) is 4.45. The van der Waals surface area contributed by atoms with E-state index in [-0.39, 0.29) is 11.9 Å². The molecule has 1 aromatic rings. The zero-order valence-corrected chi connectivity index (χ0v) is 11.9. The van der Waals surface area contributed by atoms with Gasteiger partial charge in [-0.15, -0.1) is 11.3 Å². The van der Waals surface area contributed by atoms with Crippen molar-refractivity contribution in [2.24, 2.45) is 5.92 Å². The third-order valence-electron chi connectivity index (χ3n) is 2.59. The maximum atomic E-state index is 11.4. The summed E-state index contributed by atoms with van der Waals surface area (Å²) in [7, 11) is 0. The van der Waals surface area contributed by atoms with Gasteiger partial charge in [0.05, 0.1) is 12.5 Å². The number of amides is 2. The van der Waals surface area contributed by atoms with E-state index in [9.17, 15) is 9.59 Å². The van der Waals surface area contributed by atoms with Gasteiger partial charge in [-0.1, -0.05) is 6.92 Å². The van der Waals surface area contributed by atoms with Crippen molar-refractivity contribution in [2.45, 2.75) is 33.2 Å². The normalized spacial score (nSPS) is 11.9. The van der Waals surface area contributed by atoms with Crippen LogP contribution in [0.3, 0.4) is 0 Å². The van der Waals surface area contributed by atoms with Crippen molar-refractivity contribution in [3.05, 3.63) is 16.1 Å². The summed E-state index contributed by atoms with van der Waals surface area (Å²) < 4.78 is 0. The van der Waals surface area contributed by atoms with E-state index in [1.807, 2.05) is 12.3 Å². The molecule has 0 aliphatic heterocycles. The van der Waals surface area contributed by atoms with Crippen molar-refractivity contribution in [1.82, 2.24) is 15.6 Å². The fourth-order valence-electron chi connectivity index (χ4n) is 1.44. The summed E-state index contributed by atoms with van der Waals surface area (Å²) in [6.07, 6.45) is 1.21. The van der Waals surface area contributed by atoms with Crippen LogP contribution >= 0.6 is 11.3 Å². The highest BCUT2D eigenvalue weighted by molar-refractivity contribution is 7.09. The molecule has 6 nitrogen and oxygen atoms in total. The lowest BCUT2D eigenvalue weighted by Crippen LogP contribution is -2.35. The first kappa shape index (κ1) is 15.4. The number of hydrogen-bond acceptors (Lipinski definition) is 4. The van der Waals surface area contributed by atoms with Gasteiger partial charge in [0.1, 0.15) is 5.01 Å². The van der Waals surface area contributed by atoms with Gasteiger partial charge >= 0.3 is 12.0 Å². The van der Waals surface area contributed by atoms with Gasteiger partial charge in [0.25, 0.3) is 0 Å². The SMILES string of the molecule is Cc1csc(CNC(=O)NCCCC(C)C(=O)O)n1. The summed E-state index contributed by atoms with van der Waals surface area (Å²) in [5, 5.41) is 16.9. The second-order valence-electron chi connectivity index (χ2n) is 4.37. The van der Waals surface area contributed by atoms with Crippen LogP contribution in [0.2, 0.25) is 0 Å². The Labute approximate surface area is 116 Å². The largest absolute Gasteiger partial charge is 0.481 e. The van der Waals surface area contributed by atoms with Crippen LogP contribution in [-0.4, -0.2) is 28.6 Å². The van der Waals surface area contributed by atoms with Gasteiger partial charge in [-0.2, -0.15) is 0 Å². The number of aliphatic carboxylic acids is 1. The number of carbonyl (C=O) groups excluding carboxylic acids is 1. The predicted octanol–water partition coefficient (Wildman–Crippen LogP) is 1.75. The van der Waals surface area contributed by atoms with Crippen molar-refractivity contribution in [1.29, 1.82) is 0 Å². The van der Waals surface area contributed by atoms with Crippen molar-refractivity contribution in [3.8, 4) is 0 Å². The molecular formula is C12H19N3O3S. The average molecular weight is 285 g/mol. The van der Waals surface area contributed by atoms with E-state index in [0.717, 1.165) is 10.7 Å². The number of carboxylic acid groups (broad SMARTS) is 1. The van der Waals surface area contributed by atoms with Gasteiger partial charge in [-0.25, -0.2) is 9.78 Å². The fraction of sp³-hybridized carbons (Fsp3) is 0.583. The Hall–Kier alpha value is -1.63. The van der Waals surface area contributed by atoms with Crippen LogP contribution in [-0.2, 0) is 11.3 Å². The lowest BCUT2D eigenvalue weighted by Gasteiger charge is -2.08. The summed E-state index contributed by atoms with van der Waals surface area (Å²) in [5.41, 5.74) is 0.949. The quantitative estimate of drug-likeness (QED) is 0.666. The van der Waals surface area contributed by atoms with Crippen molar-refractivity contribution in [3.63, 3.8) is 0 Å². The minimum Gasteiger partial charge on any atom is -0.481 e. The van der Waals surface area contributed by atoms with Gasteiger partial charge in [-0.05, 0) is 19.8 Å². The number of carbonyl (C=O) groups is 2.